The molecule has 1 aromatic rings. The van der Waals surface area contributed by atoms with Crippen molar-refractivity contribution < 1.29 is 14.3 Å². The number of urea groups is 1. The Bertz CT molecular complexity index is 566. The van der Waals surface area contributed by atoms with Crippen LogP contribution >= 0.6 is 11.6 Å². The van der Waals surface area contributed by atoms with Gasteiger partial charge in [-0.1, -0.05) is 23.7 Å². The molecule has 0 saturated carbocycles. The Morgan fingerprint density at radius 2 is 2.00 bits per heavy atom. The van der Waals surface area contributed by atoms with Crippen LogP contribution in [0, 0.1) is 0 Å². The van der Waals surface area contributed by atoms with Crippen molar-refractivity contribution in [2.75, 3.05) is 6.61 Å². The minimum atomic E-state index is -0.542. The van der Waals surface area contributed by atoms with Gasteiger partial charge in [-0.05, 0) is 31.5 Å². The van der Waals surface area contributed by atoms with Crippen molar-refractivity contribution in [3.05, 3.63) is 46.1 Å². The Hall–Kier alpha value is -2.01. The van der Waals surface area contributed by atoms with Gasteiger partial charge in [-0.2, -0.15) is 0 Å². The number of ether oxygens (including phenoxy) is 1. The van der Waals surface area contributed by atoms with Gasteiger partial charge in [-0.3, -0.25) is 0 Å². The maximum atomic E-state index is 12.1. The van der Waals surface area contributed by atoms with Gasteiger partial charge in [0.2, 0.25) is 0 Å². The van der Waals surface area contributed by atoms with Crippen LogP contribution in [-0.2, 0) is 9.53 Å². The molecule has 0 spiro atoms. The van der Waals surface area contributed by atoms with Crippen molar-refractivity contribution in [1.29, 1.82) is 0 Å². The molecule has 1 unspecified atom stereocenters. The van der Waals surface area contributed by atoms with Gasteiger partial charge in [-0.25, -0.2) is 9.59 Å². The van der Waals surface area contributed by atoms with Crippen LogP contribution in [-0.4, -0.2) is 18.6 Å². The number of hydrogen-bond acceptors (Lipinski definition) is 3. The normalized spacial score (nSPS) is 18.4. The highest BCUT2D eigenvalue weighted by Crippen LogP contribution is 2.28. The van der Waals surface area contributed by atoms with Crippen molar-refractivity contribution in [3.63, 3.8) is 0 Å². The fourth-order valence-corrected chi connectivity index (χ4v) is 2.20. The summed E-state index contributed by atoms with van der Waals surface area (Å²) in [5.74, 6) is -0.447. The lowest BCUT2D eigenvalue weighted by Gasteiger charge is -2.28. The molecule has 0 aliphatic carbocycles. The average molecular weight is 295 g/mol. The van der Waals surface area contributed by atoms with Crippen LogP contribution in [0.3, 0.4) is 0 Å². The molecule has 1 aliphatic heterocycles. The highest BCUT2D eigenvalue weighted by atomic mass is 35.5. The van der Waals surface area contributed by atoms with Gasteiger partial charge >= 0.3 is 12.0 Å². The molecule has 6 heteroatoms. The van der Waals surface area contributed by atoms with E-state index in [2.05, 4.69) is 10.6 Å². The minimum Gasteiger partial charge on any atom is -0.463 e. The average Bonchev–Trinajstić information content (AvgIpc) is 2.38. The Labute approximate surface area is 121 Å². The molecule has 2 amide bonds. The Morgan fingerprint density at radius 1 is 1.35 bits per heavy atom. The van der Waals surface area contributed by atoms with E-state index in [4.69, 9.17) is 16.3 Å². The first kappa shape index (κ1) is 14.4. The molecule has 1 heterocycles. The van der Waals surface area contributed by atoms with Gasteiger partial charge in [-0.15, -0.1) is 0 Å². The van der Waals surface area contributed by atoms with Gasteiger partial charge in [0.25, 0.3) is 0 Å². The van der Waals surface area contributed by atoms with Crippen molar-refractivity contribution in [2.45, 2.75) is 19.9 Å². The van der Waals surface area contributed by atoms with Crippen LogP contribution in [0.4, 0.5) is 4.79 Å². The number of amides is 2. The number of allylic oxidation sites excluding steroid dienone is 1. The predicted molar refractivity (Wildman–Crippen MR) is 75.2 cm³/mol. The number of benzene rings is 1. The van der Waals surface area contributed by atoms with E-state index in [9.17, 15) is 9.59 Å². The smallest absolute Gasteiger partial charge is 0.338 e. The third kappa shape index (κ3) is 2.93. The van der Waals surface area contributed by atoms with E-state index < -0.39 is 12.0 Å². The van der Waals surface area contributed by atoms with Crippen LogP contribution in [0.5, 0.6) is 0 Å². The van der Waals surface area contributed by atoms with Crippen LogP contribution in [0.2, 0.25) is 5.02 Å². The standard InChI is InChI=1S/C14H15ClN2O3/c1-3-20-13(18)11-8(2)16-14(19)17-12(11)9-4-6-10(15)7-5-9/h4-7,12H,3H2,1-2H3,(H2,16,17,19). The molecule has 5 nitrogen and oxygen atoms in total. The summed E-state index contributed by atoms with van der Waals surface area (Å²) in [7, 11) is 0. The third-order valence-corrected chi connectivity index (χ3v) is 3.22. The first-order valence-corrected chi connectivity index (χ1v) is 6.61. The van der Waals surface area contributed by atoms with E-state index in [1.807, 2.05) is 0 Å². The molecular weight excluding hydrogens is 280 g/mol. The third-order valence-electron chi connectivity index (χ3n) is 2.97. The number of halogens is 1. The van der Waals surface area contributed by atoms with Gasteiger partial charge in [0, 0.05) is 10.7 Å². The summed E-state index contributed by atoms with van der Waals surface area (Å²) in [5, 5.41) is 5.89. The molecule has 0 radical (unpaired) electrons. The van der Waals surface area contributed by atoms with Gasteiger partial charge < -0.3 is 15.4 Å². The topological polar surface area (TPSA) is 67.4 Å². The second-order valence-electron chi connectivity index (χ2n) is 4.34. The molecule has 0 aromatic heterocycles. The molecule has 1 aromatic carbocycles. The highest BCUT2D eigenvalue weighted by Gasteiger charge is 2.31. The van der Waals surface area contributed by atoms with E-state index >= 15 is 0 Å². The van der Waals surface area contributed by atoms with Crippen molar-refractivity contribution in [3.8, 4) is 0 Å². The minimum absolute atomic E-state index is 0.275. The maximum Gasteiger partial charge on any atom is 0.338 e. The monoisotopic (exact) mass is 294 g/mol. The molecular formula is C14H15ClN2O3. The predicted octanol–water partition coefficient (Wildman–Crippen LogP) is 2.53. The number of hydrogen-bond donors (Lipinski definition) is 2. The quantitative estimate of drug-likeness (QED) is 0.842. The lowest BCUT2D eigenvalue weighted by atomic mass is 9.96. The molecule has 2 rings (SSSR count). The number of nitrogens with one attached hydrogen (secondary N) is 2. The first-order valence-electron chi connectivity index (χ1n) is 6.23. The second kappa shape index (κ2) is 5.96. The van der Waals surface area contributed by atoms with Crippen molar-refractivity contribution in [2.24, 2.45) is 0 Å². The molecule has 1 aliphatic rings. The van der Waals surface area contributed by atoms with Gasteiger partial charge in [0.05, 0.1) is 18.2 Å². The van der Waals surface area contributed by atoms with E-state index in [1.165, 1.54) is 0 Å². The van der Waals surface area contributed by atoms with Crippen LogP contribution in [0.25, 0.3) is 0 Å². The fraction of sp³-hybridized carbons (Fsp3) is 0.286. The highest BCUT2D eigenvalue weighted by molar-refractivity contribution is 6.30. The van der Waals surface area contributed by atoms with Gasteiger partial charge in [0.15, 0.2) is 0 Å². The maximum absolute atomic E-state index is 12.1. The van der Waals surface area contributed by atoms with E-state index in [1.54, 1.807) is 38.1 Å². The lowest BCUT2D eigenvalue weighted by molar-refractivity contribution is -0.139. The molecule has 0 bridgehead atoms. The zero-order valence-corrected chi connectivity index (χ0v) is 12.0. The zero-order valence-electron chi connectivity index (χ0n) is 11.2. The number of carbonyl (C=O) groups excluding carboxylic acids is 2. The second-order valence-corrected chi connectivity index (χ2v) is 4.78. The Morgan fingerprint density at radius 3 is 2.60 bits per heavy atom. The van der Waals surface area contributed by atoms with Gasteiger partial charge in [0.1, 0.15) is 0 Å². The summed E-state index contributed by atoms with van der Waals surface area (Å²) in [6, 6.07) is 6.07. The lowest BCUT2D eigenvalue weighted by Crippen LogP contribution is -2.45. The SMILES string of the molecule is CCOC(=O)C1=C(C)NC(=O)NC1c1ccc(Cl)cc1. The number of esters is 1. The summed E-state index contributed by atoms with van der Waals surface area (Å²) < 4.78 is 5.05. The van der Waals surface area contributed by atoms with Crippen LogP contribution < -0.4 is 10.6 Å². The summed E-state index contributed by atoms with van der Waals surface area (Å²) in [5.41, 5.74) is 1.66. The van der Waals surface area contributed by atoms with Crippen LogP contribution in [0.15, 0.2) is 35.5 Å². The molecule has 1 atom stereocenters. The molecule has 106 valence electrons. The molecule has 0 saturated heterocycles. The van der Waals surface area contributed by atoms with E-state index in [0.717, 1.165) is 5.56 Å². The summed E-state index contributed by atoms with van der Waals surface area (Å²) in [6.45, 7) is 3.69. The summed E-state index contributed by atoms with van der Waals surface area (Å²) in [6.07, 6.45) is 0. The van der Waals surface area contributed by atoms with Crippen molar-refractivity contribution in [1.82, 2.24) is 10.6 Å². The molecule has 2 N–H and O–H groups in total. The zero-order chi connectivity index (χ0) is 14.7. The Kier molecular flexibility index (Phi) is 4.29. The fourth-order valence-electron chi connectivity index (χ4n) is 2.08. The number of rotatable bonds is 3. The summed E-state index contributed by atoms with van der Waals surface area (Å²) in [4.78, 5) is 23.7. The first-order chi connectivity index (χ1) is 9.52. The van der Waals surface area contributed by atoms with Crippen LogP contribution in [0.1, 0.15) is 25.5 Å². The van der Waals surface area contributed by atoms with E-state index in [-0.39, 0.29) is 12.6 Å². The largest absolute Gasteiger partial charge is 0.463 e. The summed E-state index contributed by atoms with van der Waals surface area (Å²) >= 11 is 5.85. The Balaban J connectivity index is 2.41. The van der Waals surface area contributed by atoms with E-state index in [0.29, 0.717) is 16.3 Å². The van der Waals surface area contributed by atoms with Crippen molar-refractivity contribution >= 4 is 23.6 Å². The number of carbonyl (C=O) groups is 2. The molecule has 0 fully saturated rings. The molecule has 20 heavy (non-hydrogen) atoms.